The van der Waals surface area contributed by atoms with Gasteiger partial charge in [-0.05, 0) is 30.2 Å². The highest BCUT2D eigenvalue weighted by molar-refractivity contribution is 7.89. The van der Waals surface area contributed by atoms with Gasteiger partial charge in [0.1, 0.15) is 5.75 Å². The summed E-state index contributed by atoms with van der Waals surface area (Å²) in [5.74, 6) is -0.131. The van der Waals surface area contributed by atoms with E-state index in [0.29, 0.717) is 30.9 Å². The van der Waals surface area contributed by atoms with E-state index in [1.807, 2.05) is 37.3 Å². The van der Waals surface area contributed by atoms with Crippen LogP contribution in [0.2, 0.25) is 0 Å². The maximum atomic E-state index is 12.9. The van der Waals surface area contributed by atoms with Crippen molar-refractivity contribution >= 4 is 21.6 Å². The number of benzene rings is 2. The van der Waals surface area contributed by atoms with Crippen LogP contribution in [-0.2, 0) is 14.8 Å². The Balaban J connectivity index is 2.38. The lowest BCUT2D eigenvalue weighted by atomic mass is 9.95. The molecule has 1 N–H and O–H groups in total. The van der Waals surface area contributed by atoms with Gasteiger partial charge in [-0.15, -0.1) is 0 Å². The fourth-order valence-corrected chi connectivity index (χ4v) is 4.62. The molecule has 0 fully saturated rings. The highest BCUT2D eigenvalue weighted by Gasteiger charge is 2.24. The van der Waals surface area contributed by atoms with Gasteiger partial charge in [0, 0.05) is 13.1 Å². The molecule has 7 heteroatoms. The van der Waals surface area contributed by atoms with Gasteiger partial charge in [0.05, 0.1) is 23.6 Å². The van der Waals surface area contributed by atoms with Crippen molar-refractivity contribution in [3.05, 3.63) is 54.1 Å². The van der Waals surface area contributed by atoms with Crippen LogP contribution < -0.4 is 10.1 Å². The summed E-state index contributed by atoms with van der Waals surface area (Å²) < 4.78 is 32.3. The van der Waals surface area contributed by atoms with Crippen LogP contribution in [0.4, 0.5) is 5.69 Å². The number of methoxy groups -OCH3 is 1. The van der Waals surface area contributed by atoms with Crippen molar-refractivity contribution in [2.24, 2.45) is 0 Å². The fraction of sp³-hybridized carbons (Fsp3) is 0.381. The smallest absolute Gasteiger partial charge is 0.243 e. The second kappa shape index (κ2) is 9.71. The molecule has 2 aromatic carbocycles. The lowest BCUT2D eigenvalue weighted by molar-refractivity contribution is -0.117. The average Bonchev–Trinajstić information content (AvgIpc) is 2.70. The SMILES string of the molecule is CCC(C(=O)Nc1cc(S(=O)(=O)N(CC)CC)ccc1OC)c1ccccc1. The lowest BCUT2D eigenvalue weighted by Crippen LogP contribution is -2.30. The first-order valence-electron chi connectivity index (χ1n) is 9.42. The molecule has 2 aromatic rings. The van der Waals surface area contributed by atoms with Crippen LogP contribution in [0.3, 0.4) is 0 Å². The monoisotopic (exact) mass is 404 g/mol. The normalized spacial score (nSPS) is 12.6. The van der Waals surface area contributed by atoms with Crippen molar-refractivity contribution in [2.75, 3.05) is 25.5 Å². The Kier molecular flexibility index (Phi) is 7.60. The zero-order valence-electron chi connectivity index (χ0n) is 16.8. The molecule has 0 saturated carbocycles. The predicted octanol–water partition coefficient (Wildman–Crippen LogP) is 3.86. The van der Waals surface area contributed by atoms with Gasteiger partial charge in [-0.2, -0.15) is 4.31 Å². The first-order chi connectivity index (χ1) is 13.4. The third-order valence-corrected chi connectivity index (χ3v) is 6.74. The summed E-state index contributed by atoms with van der Waals surface area (Å²) in [5.41, 5.74) is 1.25. The molecule has 0 aliphatic carbocycles. The molecule has 0 aliphatic heterocycles. The zero-order valence-corrected chi connectivity index (χ0v) is 17.6. The second-order valence-corrected chi connectivity index (χ2v) is 8.25. The molecular formula is C21H28N2O4S. The van der Waals surface area contributed by atoms with E-state index in [1.165, 1.54) is 23.5 Å². The Morgan fingerprint density at radius 1 is 1.07 bits per heavy atom. The number of carbonyl (C=O) groups excluding carboxylic acids is 1. The minimum absolute atomic E-state index is 0.125. The number of nitrogens with zero attached hydrogens (tertiary/aromatic N) is 1. The molecular weight excluding hydrogens is 376 g/mol. The van der Waals surface area contributed by atoms with Crippen molar-refractivity contribution < 1.29 is 17.9 Å². The summed E-state index contributed by atoms with van der Waals surface area (Å²) in [6.45, 7) is 6.27. The van der Waals surface area contributed by atoms with E-state index in [9.17, 15) is 13.2 Å². The summed E-state index contributed by atoms with van der Waals surface area (Å²) in [6.07, 6.45) is 0.621. The van der Waals surface area contributed by atoms with Crippen LogP contribution in [0.15, 0.2) is 53.4 Å². The Morgan fingerprint density at radius 2 is 1.71 bits per heavy atom. The molecule has 0 spiro atoms. The number of nitrogens with one attached hydrogen (secondary N) is 1. The first kappa shape index (κ1) is 21.9. The van der Waals surface area contributed by atoms with Gasteiger partial charge in [0.15, 0.2) is 0 Å². The van der Waals surface area contributed by atoms with Crippen LogP contribution >= 0.6 is 0 Å². The van der Waals surface area contributed by atoms with E-state index >= 15 is 0 Å². The lowest BCUT2D eigenvalue weighted by Gasteiger charge is -2.20. The van der Waals surface area contributed by atoms with Crippen LogP contribution in [0.25, 0.3) is 0 Å². The largest absolute Gasteiger partial charge is 0.495 e. The predicted molar refractivity (Wildman–Crippen MR) is 111 cm³/mol. The van der Waals surface area contributed by atoms with Gasteiger partial charge >= 0.3 is 0 Å². The van der Waals surface area contributed by atoms with Crippen molar-refractivity contribution in [3.63, 3.8) is 0 Å². The van der Waals surface area contributed by atoms with Crippen molar-refractivity contribution in [1.82, 2.24) is 4.31 Å². The van der Waals surface area contributed by atoms with Crippen LogP contribution in [-0.4, -0.2) is 38.8 Å². The molecule has 2 rings (SSSR count). The molecule has 152 valence electrons. The van der Waals surface area contributed by atoms with Crippen molar-refractivity contribution in [3.8, 4) is 5.75 Å². The molecule has 0 saturated heterocycles. The fourth-order valence-electron chi connectivity index (χ4n) is 3.14. The van der Waals surface area contributed by atoms with E-state index in [1.54, 1.807) is 19.9 Å². The van der Waals surface area contributed by atoms with Gasteiger partial charge in [0.2, 0.25) is 15.9 Å². The highest BCUT2D eigenvalue weighted by atomic mass is 32.2. The van der Waals surface area contributed by atoms with E-state index in [4.69, 9.17) is 4.74 Å². The summed E-state index contributed by atoms with van der Waals surface area (Å²) in [5, 5.41) is 2.85. The molecule has 1 atom stereocenters. The first-order valence-corrected chi connectivity index (χ1v) is 10.9. The number of hydrogen-bond acceptors (Lipinski definition) is 4. The van der Waals surface area contributed by atoms with E-state index in [2.05, 4.69) is 5.32 Å². The number of carbonyl (C=O) groups is 1. The number of hydrogen-bond donors (Lipinski definition) is 1. The summed E-state index contributed by atoms with van der Waals surface area (Å²) in [7, 11) is -2.15. The zero-order chi connectivity index (χ0) is 20.7. The maximum absolute atomic E-state index is 12.9. The van der Waals surface area contributed by atoms with Gasteiger partial charge in [-0.1, -0.05) is 51.1 Å². The quantitative estimate of drug-likeness (QED) is 0.689. The van der Waals surface area contributed by atoms with E-state index in [0.717, 1.165) is 5.56 Å². The number of sulfonamides is 1. The number of rotatable bonds is 9. The van der Waals surface area contributed by atoms with Gasteiger partial charge in [-0.3, -0.25) is 4.79 Å². The van der Waals surface area contributed by atoms with E-state index < -0.39 is 10.0 Å². The Hall–Kier alpha value is -2.38. The minimum atomic E-state index is -3.64. The van der Waals surface area contributed by atoms with Crippen LogP contribution in [0, 0.1) is 0 Å². The minimum Gasteiger partial charge on any atom is -0.495 e. The van der Waals surface area contributed by atoms with Gasteiger partial charge < -0.3 is 10.1 Å². The molecule has 0 aromatic heterocycles. The number of anilines is 1. The Labute approximate surface area is 167 Å². The average molecular weight is 405 g/mol. The molecule has 0 aliphatic rings. The summed E-state index contributed by atoms with van der Waals surface area (Å²) in [6, 6.07) is 14.0. The molecule has 1 amide bonds. The molecule has 0 radical (unpaired) electrons. The van der Waals surface area contributed by atoms with Gasteiger partial charge in [0.25, 0.3) is 0 Å². The molecule has 6 nitrogen and oxygen atoms in total. The standard InChI is InChI=1S/C21H28N2O4S/c1-5-18(16-11-9-8-10-12-16)21(24)22-19-15-17(13-14-20(19)27-4)28(25,26)23(6-2)7-3/h8-15,18H,5-7H2,1-4H3,(H,22,24). The molecule has 0 heterocycles. The summed E-state index contributed by atoms with van der Waals surface area (Å²) >= 11 is 0. The molecule has 28 heavy (non-hydrogen) atoms. The summed E-state index contributed by atoms with van der Waals surface area (Å²) in [4.78, 5) is 13.0. The number of amides is 1. The third kappa shape index (κ3) is 4.72. The van der Waals surface area contributed by atoms with Crippen molar-refractivity contribution in [1.29, 1.82) is 0 Å². The van der Waals surface area contributed by atoms with Gasteiger partial charge in [-0.25, -0.2) is 8.42 Å². The Bertz CT molecular complexity index is 894. The Morgan fingerprint density at radius 3 is 2.25 bits per heavy atom. The highest BCUT2D eigenvalue weighted by Crippen LogP contribution is 2.30. The molecule has 1 unspecified atom stereocenters. The second-order valence-electron chi connectivity index (χ2n) is 6.31. The van der Waals surface area contributed by atoms with E-state index in [-0.39, 0.29) is 16.7 Å². The third-order valence-electron chi connectivity index (χ3n) is 4.70. The van der Waals surface area contributed by atoms with Crippen molar-refractivity contribution in [2.45, 2.75) is 38.0 Å². The maximum Gasteiger partial charge on any atom is 0.243 e. The van der Waals surface area contributed by atoms with Crippen LogP contribution in [0.1, 0.15) is 38.7 Å². The topological polar surface area (TPSA) is 75.7 Å². The number of ether oxygens (including phenoxy) is 1. The van der Waals surface area contributed by atoms with Crippen LogP contribution in [0.5, 0.6) is 5.75 Å². The molecule has 0 bridgehead atoms.